The van der Waals surface area contributed by atoms with Crippen LogP contribution in [0.2, 0.25) is 0 Å². The molecule has 2 saturated heterocycles. The van der Waals surface area contributed by atoms with Gasteiger partial charge in [-0.2, -0.15) is 0 Å². The van der Waals surface area contributed by atoms with E-state index in [1.165, 1.54) is 57.8 Å². The van der Waals surface area contributed by atoms with Crippen molar-refractivity contribution in [2.75, 3.05) is 19.8 Å². The van der Waals surface area contributed by atoms with Gasteiger partial charge in [0, 0.05) is 12.5 Å². The second-order valence-electron chi connectivity index (χ2n) is 12.4. The normalized spacial score (nSPS) is 50.3. The quantitative estimate of drug-likeness (QED) is 0.483. The fraction of sp³-hybridized carbons (Fsp3) is 0.929. The molecule has 32 heavy (non-hydrogen) atoms. The third kappa shape index (κ3) is 3.38. The first-order chi connectivity index (χ1) is 15.4. The van der Waals surface area contributed by atoms with Gasteiger partial charge in [-0.05, 0) is 106 Å². The van der Waals surface area contributed by atoms with Gasteiger partial charge in [-0.3, -0.25) is 0 Å². The lowest BCUT2D eigenvalue weighted by Gasteiger charge is -2.59. The van der Waals surface area contributed by atoms with E-state index in [2.05, 4.69) is 26.8 Å². The third-order valence-corrected chi connectivity index (χ3v) is 11.0. The monoisotopic (exact) mass is 444 g/mol. The molecular weight excluding hydrogens is 400 g/mol. The summed E-state index contributed by atoms with van der Waals surface area (Å²) in [4.78, 5) is 0. The Bertz CT molecular complexity index is 736. The summed E-state index contributed by atoms with van der Waals surface area (Å²) in [6.45, 7) is 9.80. The third-order valence-electron chi connectivity index (χ3n) is 11.0. The predicted octanol–water partition coefficient (Wildman–Crippen LogP) is 6.24. The van der Waals surface area contributed by atoms with Crippen molar-refractivity contribution in [1.82, 2.24) is 0 Å². The number of ether oxygens (including phenoxy) is 4. The van der Waals surface area contributed by atoms with E-state index in [0.717, 1.165) is 50.4 Å². The van der Waals surface area contributed by atoms with Crippen molar-refractivity contribution in [3.8, 4) is 0 Å². The number of hydrogen-bond donors (Lipinski definition) is 0. The van der Waals surface area contributed by atoms with Crippen LogP contribution in [-0.4, -0.2) is 38.0 Å². The highest BCUT2D eigenvalue weighted by atomic mass is 16.7. The molecule has 4 heteroatoms. The zero-order chi connectivity index (χ0) is 22.0. The van der Waals surface area contributed by atoms with Gasteiger partial charge in [0.05, 0.1) is 19.3 Å². The van der Waals surface area contributed by atoms with Crippen molar-refractivity contribution >= 4 is 0 Å². The van der Waals surface area contributed by atoms with Crippen molar-refractivity contribution in [2.45, 2.75) is 110 Å². The molecule has 4 nitrogen and oxygen atoms in total. The van der Waals surface area contributed by atoms with Gasteiger partial charge in [0.2, 0.25) is 0 Å². The second-order valence-corrected chi connectivity index (χ2v) is 12.4. The van der Waals surface area contributed by atoms with Crippen molar-refractivity contribution in [2.24, 2.45) is 34.5 Å². The van der Waals surface area contributed by atoms with Gasteiger partial charge in [0.15, 0.2) is 12.1 Å². The molecule has 0 aromatic heterocycles. The summed E-state index contributed by atoms with van der Waals surface area (Å²) in [6, 6.07) is 0. The molecule has 5 fully saturated rings. The standard InChI is InChI=1S/C28H44O4/c1-26-13-11-20(32-25-6-4-5-15-29-25)18-19(26)7-8-21-22-9-10-24(28(3)30-16-17-31-28)27(22,2)14-12-23(21)26/h7,20-25H,4-6,8-18H2,1-3H3/t20-,21-,22?,23?,24-,25?,26-,27-/m0/s1. The molecule has 6 rings (SSSR count). The molecule has 6 aliphatic rings. The van der Waals surface area contributed by atoms with E-state index in [1.807, 2.05) is 0 Å². The fourth-order valence-corrected chi connectivity index (χ4v) is 9.37. The minimum Gasteiger partial charge on any atom is -0.353 e. The molecular formula is C28H44O4. The molecule has 0 spiro atoms. The first-order valence-electron chi connectivity index (χ1n) is 13.7. The Hall–Kier alpha value is -0.420. The summed E-state index contributed by atoms with van der Waals surface area (Å²) < 4.78 is 24.7. The number of allylic oxidation sites excluding steroid dienone is 1. The Kier molecular flexibility index (Phi) is 5.57. The lowest BCUT2D eigenvalue weighted by Crippen LogP contribution is -2.53. The number of rotatable bonds is 3. The zero-order valence-electron chi connectivity index (χ0n) is 20.6. The molecule has 0 radical (unpaired) electrons. The van der Waals surface area contributed by atoms with Gasteiger partial charge < -0.3 is 18.9 Å². The van der Waals surface area contributed by atoms with Crippen molar-refractivity contribution in [1.29, 1.82) is 0 Å². The van der Waals surface area contributed by atoms with E-state index >= 15 is 0 Å². The summed E-state index contributed by atoms with van der Waals surface area (Å²) in [5, 5.41) is 0. The van der Waals surface area contributed by atoms with Crippen LogP contribution in [0.4, 0.5) is 0 Å². The molecule has 0 amide bonds. The summed E-state index contributed by atoms with van der Waals surface area (Å²) in [5.74, 6) is 2.67. The molecule has 4 aliphatic carbocycles. The maximum absolute atomic E-state index is 6.44. The average Bonchev–Trinajstić information content (AvgIpc) is 3.38. The van der Waals surface area contributed by atoms with Crippen molar-refractivity contribution in [3.63, 3.8) is 0 Å². The van der Waals surface area contributed by atoms with Gasteiger partial charge in [0.25, 0.3) is 0 Å². The zero-order valence-corrected chi connectivity index (χ0v) is 20.6. The van der Waals surface area contributed by atoms with Crippen LogP contribution in [0.25, 0.3) is 0 Å². The Morgan fingerprint density at radius 3 is 2.50 bits per heavy atom. The van der Waals surface area contributed by atoms with Crippen LogP contribution in [0.15, 0.2) is 11.6 Å². The summed E-state index contributed by atoms with van der Waals surface area (Å²) in [5.41, 5.74) is 2.44. The maximum atomic E-state index is 6.44. The lowest BCUT2D eigenvalue weighted by atomic mass is 9.47. The molecule has 0 aromatic carbocycles. The van der Waals surface area contributed by atoms with Crippen LogP contribution in [-0.2, 0) is 18.9 Å². The number of fused-ring (bicyclic) bond motifs is 5. The Morgan fingerprint density at radius 2 is 1.72 bits per heavy atom. The molecule has 3 unspecified atom stereocenters. The molecule has 0 aromatic rings. The summed E-state index contributed by atoms with van der Waals surface area (Å²) in [6.07, 6.45) is 16.8. The van der Waals surface area contributed by atoms with E-state index < -0.39 is 0 Å². The van der Waals surface area contributed by atoms with E-state index in [9.17, 15) is 0 Å². The smallest absolute Gasteiger partial charge is 0.169 e. The predicted molar refractivity (Wildman–Crippen MR) is 124 cm³/mol. The largest absolute Gasteiger partial charge is 0.353 e. The van der Waals surface area contributed by atoms with Crippen LogP contribution in [0.5, 0.6) is 0 Å². The molecule has 180 valence electrons. The number of hydrogen-bond acceptors (Lipinski definition) is 4. The van der Waals surface area contributed by atoms with Crippen LogP contribution < -0.4 is 0 Å². The first-order valence-corrected chi connectivity index (χ1v) is 13.7. The van der Waals surface area contributed by atoms with E-state index in [1.54, 1.807) is 5.57 Å². The molecule has 2 aliphatic heterocycles. The molecule has 0 bridgehead atoms. The minimum absolute atomic E-state index is 0.0437. The maximum Gasteiger partial charge on any atom is 0.169 e. The molecule has 3 saturated carbocycles. The van der Waals surface area contributed by atoms with Crippen LogP contribution in [0.1, 0.15) is 91.4 Å². The van der Waals surface area contributed by atoms with Crippen LogP contribution >= 0.6 is 0 Å². The van der Waals surface area contributed by atoms with E-state index in [4.69, 9.17) is 18.9 Å². The summed E-state index contributed by atoms with van der Waals surface area (Å²) in [7, 11) is 0. The average molecular weight is 445 g/mol. The highest BCUT2D eigenvalue weighted by Gasteiger charge is 2.62. The SMILES string of the molecule is CC1([C@H]2CCC3[C@@H]4CC=C5C[C@@H](OC6CCCCO6)CC[C@]5(C)C4CC[C@@]32C)OCCO1. The minimum atomic E-state index is -0.355. The topological polar surface area (TPSA) is 36.9 Å². The molecule has 2 heterocycles. The van der Waals surface area contributed by atoms with E-state index in [-0.39, 0.29) is 12.1 Å². The lowest BCUT2D eigenvalue weighted by molar-refractivity contribution is -0.215. The van der Waals surface area contributed by atoms with Gasteiger partial charge in [-0.25, -0.2) is 0 Å². The Balaban J connectivity index is 1.19. The van der Waals surface area contributed by atoms with Gasteiger partial charge in [-0.15, -0.1) is 0 Å². The van der Waals surface area contributed by atoms with Gasteiger partial charge >= 0.3 is 0 Å². The van der Waals surface area contributed by atoms with Gasteiger partial charge in [0.1, 0.15) is 0 Å². The second kappa shape index (κ2) is 8.07. The highest BCUT2D eigenvalue weighted by molar-refractivity contribution is 5.25. The Morgan fingerprint density at radius 1 is 0.875 bits per heavy atom. The van der Waals surface area contributed by atoms with Crippen LogP contribution in [0, 0.1) is 34.5 Å². The Labute approximate surface area is 194 Å². The highest BCUT2D eigenvalue weighted by Crippen LogP contribution is 2.68. The molecule has 0 N–H and O–H groups in total. The summed E-state index contributed by atoms with van der Waals surface area (Å²) >= 11 is 0. The molecule has 8 atom stereocenters. The first kappa shape index (κ1) is 22.1. The van der Waals surface area contributed by atoms with Crippen molar-refractivity contribution < 1.29 is 18.9 Å². The van der Waals surface area contributed by atoms with Crippen molar-refractivity contribution in [3.05, 3.63) is 11.6 Å². The van der Waals surface area contributed by atoms with Gasteiger partial charge in [-0.1, -0.05) is 25.5 Å². The fourth-order valence-electron chi connectivity index (χ4n) is 9.37. The van der Waals surface area contributed by atoms with E-state index in [0.29, 0.717) is 22.9 Å². The van der Waals surface area contributed by atoms with Crippen LogP contribution in [0.3, 0.4) is 0 Å².